The Morgan fingerprint density at radius 1 is 1.28 bits per heavy atom. The third-order valence-corrected chi connectivity index (χ3v) is 4.70. The van der Waals surface area contributed by atoms with Crippen LogP contribution < -0.4 is 11.1 Å². The van der Waals surface area contributed by atoms with Crippen LogP contribution in [-0.4, -0.2) is 75.5 Å². The third kappa shape index (κ3) is 6.54. The Balaban J connectivity index is 2.75. The zero-order chi connectivity index (χ0) is 19.0. The van der Waals surface area contributed by atoms with Crippen molar-refractivity contribution in [3.05, 3.63) is 0 Å². The van der Waals surface area contributed by atoms with Crippen molar-refractivity contribution in [3.8, 4) is 0 Å². The van der Waals surface area contributed by atoms with Crippen LogP contribution in [0.5, 0.6) is 0 Å². The van der Waals surface area contributed by atoms with Crippen LogP contribution in [0, 0.1) is 0 Å². The molecule has 0 aromatic carbocycles. The first-order valence-corrected chi connectivity index (χ1v) is 9.47. The molecular formula is C15H25N3O6S. The number of rotatable bonds is 10. The Labute approximate surface area is 150 Å². The van der Waals surface area contributed by atoms with Crippen LogP contribution in [0.2, 0.25) is 0 Å². The molecule has 9 nitrogen and oxygen atoms in total. The SMILES string of the molecule is CSCCC(NC(=O)C(N)CCC(=O)O)C(=O)N1CCCC1C(=O)O. The summed E-state index contributed by atoms with van der Waals surface area (Å²) in [5.74, 6) is -2.55. The van der Waals surface area contributed by atoms with Gasteiger partial charge in [0.2, 0.25) is 11.8 Å². The molecule has 3 unspecified atom stereocenters. The summed E-state index contributed by atoms with van der Waals surface area (Å²) in [7, 11) is 0. The highest BCUT2D eigenvalue weighted by molar-refractivity contribution is 7.98. The summed E-state index contributed by atoms with van der Waals surface area (Å²) in [6.45, 7) is 0.340. The van der Waals surface area contributed by atoms with E-state index >= 15 is 0 Å². The predicted octanol–water partition coefficient (Wildman–Crippen LogP) is -0.508. The molecule has 10 heteroatoms. The van der Waals surface area contributed by atoms with Gasteiger partial charge in [0.25, 0.3) is 0 Å². The number of carboxylic acid groups (broad SMARTS) is 2. The van der Waals surface area contributed by atoms with Crippen LogP contribution in [0.15, 0.2) is 0 Å². The number of thioether (sulfide) groups is 1. The van der Waals surface area contributed by atoms with Crippen LogP contribution in [0.4, 0.5) is 0 Å². The van der Waals surface area contributed by atoms with E-state index in [1.165, 1.54) is 16.7 Å². The van der Waals surface area contributed by atoms with Gasteiger partial charge in [-0.05, 0) is 37.7 Å². The molecule has 25 heavy (non-hydrogen) atoms. The van der Waals surface area contributed by atoms with Gasteiger partial charge in [0, 0.05) is 13.0 Å². The normalized spacial score (nSPS) is 19.3. The van der Waals surface area contributed by atoms with Crippen molar-refractivity contribution in [3.63, 3.8) is 0 Å². The van der Waals surface area contributed by atoms with Crippen molar-refractivity contribution in [2.75, 3.05) is 18.6 Å². The Morgan fingerprint density at radius 2 is 1.96 bits per heavy atom. The lowest BCUT2D eigenvalue weighted by atomic mass is 10.1. The van der Waals surface area contributed by atoms with Gasteiger partial charge >= 0.3 is 11.9 Å². The molecule has 1 fully saturated rings. The Hall–Kier alpha value is -1.81. The summed E-state index contributed by atoms with van der Waals surface area (Å²) < 4.78 is 0. The van der Waals surface area contributed by atoms with Crippen LogP contribution in [0.1, 0.15) is 32.1 Å². The van der Waals surface area contributed by atoms with E-state index < -0.39 is 41.9 Å². The predicted molar refractivity (Wildman–Crippen MR) is 92.1 cm³/mol. The lowest BCUT2D eigenvalue weighted by Gasteiger charge is -2.28. The fourth-order valence-electron chi connectivity index (χ4n) is 2.67. The summed E-state index contributed by atoms with van der Waals surface area (Å²) in [4.78, 5) is 48.0. The number of amides is 2. The summed E-state index contributed by atoms with van der Waals surface area (Å²) in [5, 5.41) is 20.4. The van der Waals surface area contributed by atoms with E-state index in [0.717, 1.165) is 0 Å². The number of aliphatic carboxylic acids is 2. The highest BCUT2D eigenvalue weighted by Crippen LogP contribution is 2.19. The lowest BCUT2D eigenvalue weighted by molar-refractivity contribution is -0.149. The highest BCUT2D eigenvalue weighted by Gasteiger charge is 2.37. The van der Waals surface area contributed by atoms with Crippen molar-refractivity contribution in [1.29, 1.82) is 0 Å². The first-order valence-electron chi connectivity index (χ1n) is 8.07. The molecule has 0 aromatic rings. The van der Waals surface area contributed by atoms with Gasteiger partial charge in [-0.15, -0.1) is 0 Å². The first kappa shape index (κ1) is 21.2. The molecule has 1 saturated heterocycles. The topological polar surface area (TPSA) is 150 Å². The highest BCUT2D eigenvalue weighted by atomic mass is 32.2. The van der Waals surface area contributed by atoms with E-state index in [1.54, 1.807) is 0 Å². The largest absolute Gasteiger partial charge is 0.481 e. The molecule has 142 valence electrons. The zero-order valence-electron chi connectivity index (χ0n) is 14.1. The van der Waals surface area contributed by atoms with Crippen LogP contribution in [0.25, 0.3) is 0 Å². The summed E-state index contributed by atoms with van der Waals surface area (Å²) in [6.07, 6.45) is 2.92. The van der Waals surface area contributed by atoms with Gasteiger partial charge in [0.15, 0.2) is 0 Å². The second-order valence-electron chi connectivity index (χ2n) is 5.91. The van der Waals surface area contributed by atoms with Gasteiger partial charge in [0.1, 0.15) is 12.1 Å². The Bertz CT molecular complexity index is 515. The van der Waals surface area contributed by atoms with Crippen molar-refractivity contribution in [1.82, 2.24) is 10.2 Å². The van der Waals surface area contributed by atoms with Crippen molar-refractivity contribution in [2.24, 2.45) is 5.73 Å². The third-order valence-electron chi connectivity index (χ3n) is 4.05. The minimum Gasteiger partial charge on any atom is -0.481 e. The number of carbonyl (C=O) groups is 4. The first-order chi connectivity index (χ1) is 11.8. The molecular weight excluding hydrogens is 350 g/mol. The minimum absolute atomic E-state index is 0.0356. The molecule has 3 atom stereocenters. The van der Waals surface area contributed by atoms with E-state index in [9.17, 15) is 24.3 Å². The molecule has 5 N–H and O–H groups in total. The van der Waals surface area contributed by atoms with Crippen LogP contribution >= 0.6 is 11.8 Å². The standard InChI is InChI=1S/C15H25N3O6S/c1-25-8-6-10(17-13(21)9(16)4-5-12(19)20)14(22)18-7-2-3-11(18)15(23)24/h9-11H,2-8,16H2,1H3,(H,17,21)(H,19,20)(H,23,24). The minimum atomic E-state index is -1.06. The Morgan fingerprint density at radius 3 is 2.52 bits per heavy atom. The molecule has 0 spiro atoms. The van der Waals surface area contributed by atoms with E-state index in [-0.39, 0.29) is 12.8 Å². The summed E-state index contributed by atoms with van der Waals surface area (Å²) in [5.41, 5.74) is 5.67. The second kappa shape index (κ2) is 10.2. The molecule has 0 aliphatic carbocycles. The molecule has 0 bridgehead atoms. The van der Waals surface area contributed by atoms with Gasteiger partial charge < -0.3 is 26.2 Å². The number of likely N-dealkylation sites (tertiary alicyclic amines) is 1. The molecule has 1 aliphatic heterocycles. The molecule has 1 aliphatic rings. The number of nitrogens with one attached hydrogen (secondary N) is 1. The van der Waals surface area contributed by atoms with Gasteiger partial charge in [-0.1, -0.05) is 0 Å². The fraction of sp³-hybridized carbons (Fsp3) is 0.733. The number of hydrogen-bond acceptors (Lipinski definition) is 6. The van der Waals surface area contributed by atoms with E-state index in [2.05, 4.69) is 5.32 Å². The Kier molecular flexibility index (Phi) is 8.70. The van der Waals surface area contributed by atoms with E-state index in [4.69, 9.17) is 10.8 Å². The fourth-order valence-corrected chi connectivity index (χ4v) is 3.14. The number of hydrogen-bond donors (Lipinski definition) is 4. The van der Waals surface area contributed by atoms with Crippen molar-refractivity contribution in [2.45, 2.75) is 50.2 Å². The number of nitrogens with zero attached hydrogens (tertiary/aromatic N) is 1. The maximum Gasteiger partial charge on any atom is 0.326 e. The summed E-state index contributed by atoms with van der Waals surface area (Å²) >= 11 is 1.50. The van der Waals surface area contributed by atoms with Gasteiger partial charge in [-0.3, -0.25) is 14.4 Å². The quantitative estimate of drug-likeness (QED) is 0.399. The summed E-state index contributed by atoms with van der Waals surface area (Å²) in [6, 6.07) is -2.77. The number of nitrogens with two attached hydrogens (primary N) is 1. The monoisotopic (exact) mass is 375 g/mol. The maximum absolute atomic E-state index is 12.7. The van der Waals surface area contributed by atoms with Crippen molar-refractivity contribution >= 4 is 35.5 Å². The van der Waals surface area contributed by atoms with E-state index in [1.807, 2.05) is 6.26 Å². The maximum atomic E-state index is 12.7. The second-order valence-corrected chi connectivity index (χ2v) is 6.90. The molecule has 2 amide bonds. The lowest BCUT2D eigenvalue weighted by Crippen LogP contribution is -2.54. The smallest absolute Gasteiger partial charge is 0.326 e. The van der Waals surface area contributed by atoms with Gasteiger partial charge in [0.05, 0.1) is 6.04 Å². The molecule has 0 aromatic heterocycles. The molecule has 0 saturated carbocycles. The van der Waals surface area contributed by atoms with Crippen LogP contribution in [0.3, 0.4) is 0 Å². The number of carboxylic acids is 2. The average molecular weight is 375 g/mol. The van der Waals surface area contributed by atoms with Gasteiger partial charge in [-0.25, -0.2) is 4.79 Å². The zero-order valence-corrected chi connectivity index (χ0v) is 15.0. The van der Waals surface area contributed by atoms with E-state index in [0.29, 0.717) is 31.6 Å². The number of carbonyl (C=O) groups excluding carboxylic acids is 2. The molecule has 1 rings (SSSR count). The molecule has 0 radical (unpaired) electrons. The van der Waals surface area contributed by atoms with Gasteiger partial charge in [-0.2, -0.15) is 11.8 Å². The average Bonchev–Trinajstić information content (AvgIpc) is 3.05. The van der Waals surface area contributed by atoms with Crippen molar-refractivity contribution < 1.29 is 29.4 Å². The molecule has 1 heterocycles. The van der Waals surface area contributed by atoms with Crippen LogP contribution in [-0.2, 0) is 19.2 Å².